The van der Waals surface area contributed by atoms with E-state index in [0.717, 1.165) is 22.2 Å². The number of allylic oxidation sites excluding steroid dienone is 1. The third kappa shape index (κ3) is 4.25. The minimum Gasteiger partial charge on any atom is -0.469 e. The zero-order valence-corrected chi connectivity index (χ0v) is 22.4. The summed E-state index contributed by atoms with van der Waals surface area (Å²) in [6.07, 6.45) is 8.48. The Bertz CT molecular complexity index is 1760. The Morgan fingerprint density at radius 1 is 1.15 bits per heavy atom. The van der Waals surface area contributed by atoms with Crippen molar-refractivity contribution in [1.29, 1.82) is 0 Å². The van der Waals surface area contributed by atoms with Crippen LogP contribution in [0, 0.1) is 30.5 Å². The van der Waals surface area contributed by atoms with E-state index in [-0.39, 0.29) is 45.0 Å². The lowest BCUT2D eigenvalue weighted by Crippen LogP contribution is -2.38. The van der Waals surface area contributed by atoms with Crippen LogP contribution in [0.15, 0.2) is 66.0 Å². The van der Waals surface area contributed by atoms with Gasteiger partial charge in [0, 0.05) is 29.4 Å². The average molecular weight is 568 g/mol. The number of pyridine rings is 1. The third-order valence-corrected chi connectivity index (χ3v) is 9.25. The van der Waals surface area contributed by atoms with Crippen molar-refractivity contribution >= 4 is 44.4 Å². The van der Waals surface area contributed by atoms with Crippen molar-refractivity contribution in [2.75, 3.05) is 12.4 Å². The summed E-state index contributed by atoms with van der Waals surface area (Å²) >= 11 is 6.22. The highest BCUT2D eigenvalue weighted by Gasteiger charge is 2.49. The first-order valence-corrected chi connectivity index (χ1v) is 14.0. The lowest BCUT2D eigenvalue weighted by atomic mass is 9.89. The number of halogens is 2. The van der Waals surface area contributed by atoms with Crippen molar-refractivity contribution in [1.82, 2.24) is 18.9 Å². The Morgan fingerprint density at radius 2 is 1.90 bits per heavy atom. The molecule has 0 radical (unpaired) electrons. The van der Waals surface area contributed by atoms with E-state index in [1.807, 2.05) is 19.1 Å². The van der Waals surface area contributed by atoms with E-state index in [1.165, 1.54) is 31.6 Å². The largest absolute Gasteiger partial charge is 0.469 e. The molecule has 0 amide bonds. The predicted octanol–water partition coefficient (Wildman–Crippen LogP) is 4.61. The fourth-order valence-corrected chi connectivity index (χ4v) is 6.95. The number of nitrogens with zero attached hydrogens (tertiary/aromatic N) is 4. The van der Waals surface area contributed by atoms with Gasteiger partial charge >= 0.3 is 5.97 Å². The lowest BCUT2D eigenvalue weighted by Gasteiger charge is -2.27. The molecule has 39 heavy (non-hydrogen) atoms. The number of aryl methyl sites for hydroxylation is 1. The Morgan fingerprint density at radius 3 is 2.64 bits per heavy atom. The molecule has 0 saturated heterocycles. The molecule has 1 saturated carbocycles. The van der Waals surface area contributed by atoms with E-state index in [0.29, 0.717) is 10.9 Å². The second-order valence-electron chi connectivity index (χ2n) is 9.74. The summed E-state index contributed by atoms with van der Waals surface area (Å²) in [6, 6.07) is 7.60. The number of anilines is 1. The molecule has 6 rings (SSSR count). The summed E-state index contributed by atoms with van der Waals surface area (Å²) in [5.41, 5.74) is 1.34. The molecule has 4 aromatic rings. The molecule has 3 aromatic heterocycles. The van der Waals surface area contributed by atoms with Crippen LogP contribution in [-0.4, -0.2) is 46.5 Å². The molecule has 3 heterocycles. The number of ether oxygens (including phenoxy) is 1. The van der Waals surface area contributed by atoms with Crippen molar-refractivity contribution in [3.8, 4) is 11.4 Å². The van der Waals surface area contributed by atoms with E-state index < -0.39 is 27.8 Å². The zero-order valence-electron chi connectivity index (χ0n) is 20.9. The van der Waals surface area contributed by atoms with Crippen LogP contribution < -0.4 is 5.32 Å². The number of fused-ring (bicyclic) bond motifs is 3. The quantitative estimate of drug-likeness (QED) is 0.265. The topological polar surface area (TPSA) is 116 Å². The number of carbonyl (C=O) groups excluding carboxylic acids is 1. The van der Waals surface area contributed by atoms with Gasteiger partial charge in [-0.3, -0.25) is 4.79 Å². The van der Waals surface area contributed by atoms with Gasteiger partial charge in [0.2, 0.25) is 0 Å². The van der Waals surface area contributed by atoms with Gasteiger partial charge in [0.25, 0.3) is 10.0 Å². The fraction of sp³-hybridized carbons (Fsp3) is 0.259. The van der Waals surface area contributed by atoms with E-state index >= 15 is 0 Å². The highest BCUT2D eigenvalue weighted by Crippen LogP contribution is 2.45. The molecule has 2 aliphatic rings. The summed E-state index contributed by atoms with van der Waals surface area (Å²) in [4.78, 5) is 25.4. The summed E-state index contributed by atoms with van der Waals surface area (Å²) in [5.74, 6) is -1.57. The normalized spacial score (nSPS) is 21.9. The number of hydrogen-bond acceptors (Lipinski definition) is 8. The molecule has 0 spiro atoms. The number of rotatable bonds is 6. The van der Waals surface area contributed by atoms with Crippen molar-refractivity contribution in [2.24, 2.45) is 17.8 Å². The number of hydrogen-bond donors (Lipinski definition) is 1. The standard InChI is InChI=1S/C27H23ClFN5O4S/c1-14-3-7-18(8-4-14)39(36,37)34-13-20(19-10-17(28)11-31-26(19)34)24-30-12-21(29)25(33-24)32-23-16-6-5-15(9-16)22(23)27(35)38-2/h3-8,10-13,15-16,22-23H,9H2,1-2H3,(H,30,32,33)/t15?,16?,22-,23-/m0/s1. The highest BCUT2D eigenvalue weighted by molar-refractivity contribution is 7.90. The van der Waals surface area contributed by atoms with Crippen LogP contribution in [0.5, 0.6) is 0 Å². The number of esters is 1. The molecule has 2 aliphatic carbocycles. The SMILES string of the molecule is COC(=O)[C@H]1C2C=CC(C2)[C@@H]1Nc1nc(-c2cn(S(=O)(=O)c3ccc(C)cc3)c3ncc(Cl)cc23)ncc1F. The molecule has 200 valence electrons. The molecular weight excluding hydrogens is 545 g/mol. The molecule has 1 aromatic carbocycles. The number of carbonyl (C=O) groups is 1. The third-order valence-electron chi connectivity index (χ3n) is 7.38. The maximum atomic E-state index is 15.0. The summed E-state index contributed by atoms with van der Waals surface area (Å²) < 4.78 is 48.1. The summed E-state index contributed by atoms with van der Waals surface area (Å²) in [6.45, 7) is 1.86. The van der Waals surface area contributed by atoms with Crippen molar-refractivity contribution in [3.05, 3.63) is 77.5 Å². The predicted molar refractivity (Wildman–Crippen MR) is 143 cm³/mol. The molecule has 4 atom stereocenters. The van der Waals surface area contributed by atoms with Crippen molar-refractivity contribution < 1.29 is 22.3 Å². The summed E-state index contributed by atoms with van der Waals surface area (Å²) in [7, 11) is -2.71. The summed E-state index contributed by atoms with van der Waals surface area (Å²) in [5, 5.41) is 3.76. The van der Waals surface area contributed by atoms with Gasteiger partial charge in [-0.1, -0.05) is 41.4 Å². The first-order chi connectivity index (χ1) is 18.7. The monoisotopic (exact) mass is 567 g/mol. The van der Waals surface area contributed by atoms with Crippen LogP contribution in [0.1, 0.15) is 12.0 Å². The van der Waals surface area contributed by atoms with Gasteiger partial charge in [0.05, 0.1) is 29.1 Å². The van der Waals surface area contributed by atoms with Crippen LogP contribution in [0.3, 0.4) is 0 Å². The Hall–Kier alpha value is -3.83. The van der Waals surface area contributed by atoms with Crippen LogP contribution >= 0.6 is 11.6 Å². The Labute approximate surface area is 228 Å². The molecule has 12 heteroatoms. The molecule has 0 aliphatic heterocycles. The van der Waals surface area contributed by atoms with Crippen LogP contribution in [-0.2, 0) is 19.6 Å². The molecule has 2 unspecified atom stereocenters. The van der Waals surface area contributed by atoms with E-state index in [9.17, 15) is 17.6 Å². The van der Waals surface area contributed by atoms with Gasteiger partial charge in [-0.2, -0.15) is 0 Å². The number of methoxy groups -OCH3 is 1. The molecule has 9 nitrogen and oxygen atoms in total. The van der Waals surface area contributed by atoms with Crippen LogP contribution in [0.4, 0.5) is 10.2 Å². The van der Waals surface area contributed by atoms with Gasteiger partial charge in [0.1, 0.15) is 0 Å². The Balaban J connectivity index is 1.44. The number of aromatic nitrogens is 4. The number of nitrogens with one attached hydrogen (secondary N) is 1. The molecular formula is C27H23ClFN5O4S. The first-order valence-electron chi connectivity index (χ1n) is 12.2. The lowest BCUT2D eigenvalue weighted by molar-refractivity contribution is -0.146. The van der Waals surface area contributed by atoms with E-state index in [2.05, 4.69) is 20.3 Å². The van der Waals surface area contributed by atoms with Gasteiger partial charge in [-0.05, 0) is 43.4 Å². The molecule has 1 fully saturated rings. The van der Waals surface area contributed by atoms with E-state index in [4.69, 9.17) is 16.3 Å². The Kier molecular flexibility index (Phi) is 6.15. The second kappa shape index (κ2) is 9.42. The average Bonchev–Trinajstić information content (AvgIpc) is 3.63. The maximum Gasteiger partial charge on any atom is 0.311 e. The smallest absolute Gasteiger partial charge is 0.311 e. The second-order valence-corrected chi connectivity index (χ2v) is 12.0. The van der Waals surface area contributed by atoms with Gasteiger partial charge in [-0.25, -0.2) is 31.7 Å². The van der Waals surface area contributed by atoms with Crippen molar-refractivity contribution in [2.45, 2.75) is 24.3 Å². The first kappa shape index (κ1) is 25.4. The van der Waals surface area contributed by atoms with Crippen LogP contribution in [0.25, 0.3) is 22.4 Å². The molecule has 1 N–H and O–H groups in total. The van der Waals surface area contributed by atoms with Gasteiger partial charge in [0.15, 0.2) is 23.1 Å². The molecule has 2 bridgehead atoms. The fourth-order valence-electron chi connectivity index (χ4n) is 5.47. The van der Waals surface area contributed by atoms with E-state index in [1.54, 1.807) is 18.2 Å². The van der Waals surface area contributed by atoms with Gasteiger partial charge < -0.3 is 10.1 Å². The zero-order chi connectivity index (χ0) is 27.5. The maximum absolute atomic E-state index is 15.0. The minimum absolute atomic E-state index is 0.00231. The van der Waals surface area contributed by atoms with Crippen LogP contribution in [0.2, 0.25) is 5.02 Å². The highest BCUT2D eigenvalue weighted by atomic mass is 35.5. The minimum atomic E-state index is -4.04. The van der Waals surface area contributed by atoms with Gasteiger partial charge in [-0.15, -0.1) is 0 Å². The number of benzene rings is 1. The van der Waals surface area contributed by atoms with Crippen molar-refractivity contribution in [3.63, 3.8) is 0 Å².